The number of carbonyl (C=O) groups is 1. The Labute approximate surface area is 147 Å². The van der Waals surface area contributed by atoms with Crippen LogP contribution in [0.25, 0.3) is 0 Å². The van der Waals surface area contributed by atoms with E-state index in [1.807, 2.05) is 48.0 Å². The Morgan fingerprint density at radius 2 is 1.88 bits per heavy atom. The number of rotatable bonds is 7. The number of hydrogen-bond acceptors (Lipinski definition) is 3. The number of benzene rings is 2. The Balaban J connectivity index is 1.64. The van der Waals surface area contributed by atoms with Gasteiger partial charge in [0.1, 0.15) is 5.75 Å². The van der Waals surface area contributed by atoms with Crippen molar-refractivity contribution in [3.05, 3.63) is 83.9 Å². The van der Waals surface area contributed by atoms with Crippen molar-refractivity contribution in [2.45, 2.75) is 20.0 Å². The van der Waals surface area contributed by atoms with E-state index in [0.29, 0.717) is 18.7 Å². The average molecular weight is 335 g/mol. The molecule has 5 heteroatoms. The summed E-state index contributed by atoms with van der Waals surface area (Å²) >= 11 is 0. The van der Waals surface area contributed by atoms with Crippen LogP contribution in [0.1, 0.15) is 28.4 Å². The first kappa shape index (κ1) is 16.8. The highest BCUT2D eigenvalue weighted by atomic mass is 16.5. The molecule has 0 saturated carbocycles. The van der Waals surface area contributed by atoms with Crippen LogP contribution in [0.15, 0.2) is 67.3 Å². The van der Waals surface area contributed by atoms with Crippen LogP contribution >= 0.6 is 0 Å². The summed E-state index contributed by atoms with van der Waals surface area (Å²) in [5.41, 5.74) is 2.87. The van der Waals surface area contributed by atoms with Gasteiger partial charge in [-0.25, -0.2) is 4.98 Å². The van der Waals surface area contributed by atoms with Crippen LogP contribution in [0, 0.1) is 0 Å². The van der Waals surface area contributed by atoms with Crippen molar-refractivity contribution in [1.29, 1.82) is 0 Å². The first-order valence-electron chi connectivity index (χ1n) is 8.30. The van der Waals surface area contributed by atoms with E-state index in [4.69, 9.17) is 4.74 Å². The molecule has 1 heterocycles. The summed E-state index contributed by atoms with van der Waals surface area (Å²) in [5.74, 6) is 0.671. The third-order valence-corrected chi connectivity index (χ3v) is 3.90. The summed E-state index contributed by atoms with van der Waals surface area (Å²) < 4.78 is 7.40. The molecular formula is C20H21N3O2. The van der Waals surface area contributed by atoms with E-state index in [9.17, 15) is 4.79 Å². The van der Waals surface area contributed by atoms with Gasteiger partial charge in [0, 0.05) is 31.0 Å². The van der Waals surface area contributed by atoms with Crippen molar-refractivity contribution in [1.82, 2.24) is 14.9 Å². The van der Waals surface area contributed by atoms with Gasteiger partial charge in [-0.05, 0) is 42.3 Å². The predicted octanol–water partition coefficient (Wildman–Crippen LogP) is 3.26. The maximum Gasteiger partial charge on any atom is 0.251 e. The molecule has 0 aliphatic carbocycles. The van der Waals surface area contributed by atoms with Gasteiger partial charge in [0.25, 0.3) is 5.91 Å². The minimum Gasteiger partial charge on any atom is -0.494 e. The number of imidazole rings is 1. The van der Waals surface area contributed by atoms with Crippen LogP contribution in [0.3, 0.4) is 0 Å². The average Bonchev–Trinajstić information content (AvgIpc) is 3.15. The van der Waals surface area contributed by atoms with Crippen molar-refractivity contribution in [3.8, 4) is 5.75 Å². The number of nitrogens with zero attached hydrogens (tertiary/aromatic N) is 2. The second-order valence-corrected chi connectivity index (χ2v) is 5.64. The van der Waals surface area contributed by atoms with Gasteiger partial charge in [-0.3, -0.25) is 4.79 Å². The monoisotopic (exact) mass is 335 g/mol. The van der Waals surface area contributed by atoms with Crippen LogP contribution in [-0.4, -0.2) is 22.1 Å². The van der Waals surface area contributed by atoms with Gasteiger partial charge in [-0.1, -0.05) is 24.3 Å². The smallest absolute Gasteiger partial charge is 0.251 e. The lowest BCUT2D eigenvalue weighted by Crippen LogP contribution is -2.23. The fourth-order valence-electron chi connectivity index (χ4n) is 2.61. The fourth-order valence-corrected chi connectivity index (χ4v) is 2.61. The van der Waals surface area contributed by atoms with Crippen molar-refractivity contribution in [3.63, 3.8) is 0 Å². The molecule has 1 amide bonds. The second-order valence-electron chi connectivity index (χ2n) is 5.64. The molecule has 0 aliphatic heterocycles. The predicted molar refractivity (Wildman–Crippen MR) is 96.6 cm³/mol. The topological polar surface area (TPSA) is 56.1 Å². The van der Waals surface area contributed by atoms with Crippen LogP contribution in [0.2, 0.25) is 0 Å². The van der Waals surface area contributed by atoms with Gasteiger partial charge in [-0.15, -0.1) is 0 Å². The Kier molecular flexibility index (Phi) is 5.46. The van der Waals surface area contributed by atoms with E-state index in [1.54, 1.807) is 24.7 Å². The maximum atomic E-state index is 12.3. The third-order valence-electron chi connectivity index (χ3n) is 3.90. The SMILES string of the molecule is CCOc1ccc(C(=O)NCc2ccccc2Cn2ccnc2)cc1. The van der Waals surface area contributed by atoms with E-state index in [2.05, 4.69) is 16.4 Å². The number of ether oxygens (including phenoxy) is 1. The standard InChI is InChI=1S/C20H21N3O2/c1-2-25-19-9-7-16(8-10-19)20(24)22-13-17-5-3-4-6-18(17)14-23-12-11-21-15-23/h3-12,15H,2,13-14H2,1H3,(H,22,24). The molecule has 0 spiro atoms. The lowest BCUT2D eigenvalue weighted by molar-refractivity contribution is 0.0951. The molecule has 0 fully saturated rings. The summed E-state index contributed by atoms with van der Waals surface area (Å²) in [5, 5.41) is 2.98. The van der Waals surface area contributed by atoms with Crippen LogP contribution in [0.5, 0.6) is 5.75 Å². The summed E-state index contributed by atoms with van der Waals surface area (Å²) in [4.78, 5) is 16.4. The zero-order chi connectivity index (χ0) is 17.5. The molecule has 1 aromatic heterocycles. The van der Waals surface area contributed by atoms with Gasteiger partial charge in [0.05, 0.1) is 12.9 Å². The Bertz CT molecular complexity index is 811. The Morgan fingerprint density at radius 1 is 1.12 bits per heavy atom. The van der Waals surface area contributed by atoms with E-state index in [0.717, 1.165) is 23.4 Å². The van der Waals surface area contributed by atoms with Crippen molar-refractivity contribution in [2.24, 2.45) is 0 Å². The molecule has 0 radical (unpaired) electrons. The molecule has 0 aliphatic rings. The van der Waals surface area contributed by atoms with Gasteiger partial charge >= 0.3 is 0 Å². The summed E-state index contributed by atoms with van der Waals surface area (Å²) in [6.07, 6.45) is 5.47. The second kappa shape index (κ2) is 8.15. The number of carbonyl (C=O) groups excluding carboxylic acids is 1. The minimum atomic E-state index is -0.0968. The first-order valence-corrected chi connectivity index (χ1v) is 8.30. The fraction of sp³-hybridized carbons (Fsp3) is 0.200. The number of aromatic nitrogens is 2. The van der Waals surface area contributed by atoms with Gasteiger partial charge in [0.15, 0.2) is 0 Å². The van der Waals surface area contributed by atoms with Crippen molar-refractivity contribution in [2.75, 3.05) is 6.61 Å². The summed E-state index contributed by atoms with van der Waals surface area (Å²) in [7, 11) is 0. The van der Waals surface area contributed by atoms with E-state index >= 15 is 0 Å². The van der Waals surface area contributed by atoms with Gasteiger partial charge < -0.3 is 14.6 Å². The highest BCUT2D eigenvalue weighted by Crippen LogP contribution is 2.13. The minimum absolute atomic E-state index is 0.0968. The van der Waals surface area contributed by atoms with Crippen LogP contribution in [0.4, 0.5) is 0 Å². The lowest BCUT2D eigenvalue weighted by atomic mass is 10.1. The Hall–Kier alpha value is -3.08. The van der Waals surface area contributed by atoms with E-state index in [-0.39, 0.29) is 5.91 Å². The molecular weight excluding hydrogens is 314 g/mol. The molecule has 3 aromatic rings. The maximum absolute atomic E-state index is 12.3. The summed E-state index contributed by atoms with van der Waals surface area (Å²) in [6.45, 7) is 3.76. The molecule has 128 valence electrons. The zero-order valence-corrected chi connectivity index (χ0v) is 14.2. The molecule has 2 aromatic carbocycles. The number of amides is 1. The summed E-state index contributed by atoms with van der Waals surface area (Å²) in [6, 6.07) is 15.3. The van der Waals surface area contributed by atoms with E-state index < -0.39 is 0 Å². The quantitative estimate of drug-likeness (QED) is 0.721. The first-order chi connectivity index (χ1) is 12.3. The molecule has 0 bridgehead atoms. The zero-order valence-electron chi connectivity index (χ0n) is 14.2. The molecule has 0 saturated heterocycles. The number of hydrogen-bond donors (Lipinski definition) is 1. The molecule has 1 N–H and O–H groups in total. The highest BCUT2D eigenvalue weighted by molar-refractivity contribution is 5.94. The van der Waals surface area contributed by atoms with Crippen molar-refractivity contribution < 1.29 is 9.53 Å². The van der Waals surface area contributed by atoms with E-state index in [1.165, 1.54) is 0 Å². The van der Waals surface area contributed by atoms with Crippen molar-refractivity contribution >= 4 is 5.91 Å². The molecule has 25 heavy (non-hydrogen) atoms. The molecule has 0 atom stereocenters. The van der Waals surface area contributed by atoms with Gasteiger partial charge in [-0.2, -0.15) is 0 Å². The molecule has 0 unspecified atom stereocenters. The molecule has 3 rings (SSSR count). The van der Waals surface area contributed by atoms with Crippen LogP contribution < -0.4 is 10.1 Å². The molecule has 5 nitrogen and oxygen atoms in total. The third kappa shape index (κ3) is 4.47. The Morgan fingerprint density at radius 3 is 2.56 bits per heavy atom. The largest absolute Gasteiger partial charge is 0.494 e. The normalized spacial score (nSPS) is 10.4. The lowest BCUT2D eigenvalue weighted by Gasteiger charge is -2.11. The highest BCUT2D eigenvalue weighted by Gasteiger charge is 2.08. The van der Waals surface area contributed by atoms with Gasteiger partial charge in [0.2, 0.25) is 0 Å². The van der Waals surface area contributed by atoms with Crippen LogP contribution in [-0.2, 0) is 13.1 Å². The number of nitrogens with one attached hydrogen (secondary N) is 1.